The molecule has 2 heterocycles. The van der Waals surface area contributed by atoms with Crippen molar-refractivity contribution < 1.29 is 18.7 Å². The van der Waals surface area contributed by atoms with E-state index in [1.54, 1.807) is 26.5 Å². The lowest BCUT2D eigenvalue weighted by atomic mass is 10.1. The highest BCUT2D eigenvalue weighted by Gasteiger charge is 2.28. The molecule has 0 spiro atoms. The fourth-order valence-corrected chi connectivity index (χ4v) is 4.17. The quantitative estimate of drug-likeness (QED) is 0.598. The van der Waals surface area contributed by atoms with Crippen molar-refractivity contribution in [2.24, 2.45) is 0 Å². The fraction of sp³-hybridized carbons (Fsp3) is 0.320. The molecule has 162 valence electrons. The molecule has 2 aromatic carbocycles. The molecule has 0 fully saturated rings. The summed E-state index contributed by atoms with van der Waals surface area (Å²) in [5.41, 5.74) is 4.02. The zero-order valence-corrected chi connectivity index (χ0v) is 18.3. The van der Waals surface area contributed by atoms with Crippen LogP contribution in [0.5, 0.6) is 11.5 Å². The number of ether oxygens (including phenoxy) is 2. The van der Waals surface area contributed by atoms with Crippen molar-refractivity contribution >= 4 is 11.6 Å². The van der Waals surface area contributed by atoms with E-state index in [-0.39, 0.29) is 11.9 Å². The number of para-hydroxylation sites is 1. The van der Waals surface area contributed by atoms with Crippen LogP contribution in [0.25, 0.3) is 0 Å². The van der Waals surface area contributed by atoms with Crippen molar-refractivity contribution in [1.29, 1.82) is 0 Å². The molecule has 0 aliphatic carbocycles. The maximum Gasteiger partial charge on any atom is 0.255 e. The van der Waals surface area contributed by atoms with E-state index in [0.29, 0.717) is 35.4 Å². The number of furan rings is 1. The minimum Gasteiger partial charge on any atom is -0.493 e. The fourth-order valence-electron chi connectivity index (χ4n) is 4.17. The van der Waals surface area contributed by atoms with Gasteiger partial charge in [0.25, 0.3) is 5.91 Å². The first kappa shape index (κ1) is 20.8. The second kappa shape index (κ2) is 8.76. The number of hydrogen-bond acceptors (Lipinski definition) is 5. The number of rotatable bonds is 7. The molecule has 1 aliphatic heterocycles. The average molecular weight is 421 g/mol. The summed E-state index contributed by atoms with van der Waals surface area (Å²) in [7, 11) is 3.20. The number of carbonyl (C=O) groups excluding carboxylic acids is 1. The summed E-state index contributed by atoms with van der Waals surface area (Å²) in [6.45, 7) is 4.69. The highest BCUT2D eigenvalue weighted by atomic mass is 16.5. The van der Waals surface area contributed by atoms with E-state index in [9.17, 15) is 4.79 Å². The predicted octanol–water partition coefficient (Wildman–Crippen LogP) is 4.74. The van der Waals surface area contributed by atoms with Gasteiger partial charge in [0.2, 0.25) is 0 Å². The van der Waals surface area contributed by atoms with Crippen LogP contribution in [0.3, 0.4) is 0 Å². The number of benzene rings is 2. The standard InChI is InChI=1S/C25H28N2O4/c1-16-13-19-7-5-6-8-21(19)27(16)15-24-20(11-12-31-24)25(28)26-17(2)18-9-10-22(29-3)23(14-18)30-4/h5-12,14,16-17H,13,15H2,1-4H3,(H,26,28). The van der Waals surface area contributed by atoms with Crippen LogP contribution in [0.2, 0.25) is 0 Å². The number of anilines is 1. The summed E-state index contributed by atoms with van der Waals surface area (Å²) < 4.78 is 16.4. The van der Waals surface area contributed by atoms with Crippen molar-refractivity contribution in [1.82, 2.24) is 5.32 Å². The van der Waals surface area contributed by atoms with Gasteiger partial charge in [-0.05, 0) is 55.7 Å². The van der Waals surface area contributed by atoms with Gasteiger partial charge in [-0.15, -0.1) is 0 Å². The lowest BCUT2D eigenvalue weighted by Crippen LogP contribution is -2.31. The van der Waals surface area contributed by atoms with Gasteiger partial charge < -0.3 is 24.1 Å². The van der Waals surface area contributed by atoms with E-state index >= 15 is 0 Å². The molecular formula is C25H28N2O4. The van der Waals surface area contributed by atoms with Crippen LogP contribution in [0.4, 0.5) is 5.69 Å². The molecule has 0 bridgehead atoms. The Morgan fingerprint density at radius 1 is 1.16 bits per heavy atom. The zero-order valence-electron chi connectivity index (χ0n) is 18.3. The van der Waals surface area contributed by atoms with Gasteiger partial charge in [-0.1, -0.05) is 24.3 Å². The molecule has 3 aromatic rings. The van der Waals surface area contributed by atoms with Gasteiger partial charge in [0.15, 0.2) is 11.5 Å². The molecule has 0 radical (unpaired) electrons. The first-order valence-electron chi connectivity index (χ1n) is 10.5. The van der Waals surface area contributed by atoms with E-state index in [1.807, 2.05) is 31.2 Å². The number of carbonyl (C=O) groups is 1. The normalized spacial score (nSPS) is 16.0. The van der Waals surface area contributed by atoms with Crippen molar-refractivity contribution in [2.45, 2.75) is 38.9 Å². The van der Waals surface area contributed by atoms with Crippen molar-refractivity contribution in [3.8, 4) is 11.5 Å². The number of fused-ring (bicyclic) bond motifs is 1. The number of methoxy groups -OCH3 is 2. The summed E-state index contributed by atoms with van der Waals surface area (Å²) in [6.07, 6.45) is 2.58. The van der Waals surface area contributed by atoms with Crippen LogP contribution in [0.1, 0.15) is 47.1 Å². The Kier molecular flexibility index (Phi) is 5.89. The average Bonchev–Trinajstić information content (AvgIpc) is 3.37. The van der Waals surface area contributed by atoms with E-state index in [2.05, 4.69) is 35.3 Å². The molecule has 0 saturated carbocycles. The molecule has 6 heteroatoms. The predicted molar refractivity (Wildman–Crippen MR) is 120 cm³/mol. The number of nitrogens with one attached hydrogen (secondary N) is 1. The van der Waals surface area contributed by atoms with E-state index < -0.39 is 0 Å². The molecule has 1 aromatic heterocycles. The third-order valence-corrected chi connectivity index (χ3v) is 5.91. The Hall–Kier alpha value is -3.41. The smallest absolute Gasteiger partial charge is 0.255 e. The molecule has 31 heavy (non-hydrogen) atoms. The van der Waals surface area contributed by atoms with Gasteiger partial charge in [-0.3, -0.25) is 4.79 Å². The van der Waals surface area contributed by atoms with Gasteiger partial charge in [-0.2, -0.15) is 0 Å². The van der Waals surface area contributed by atoms with Crippen LogP contribution in [0, 0.1) is 0 Å². The first-order chi connectivity index (χ1) is 15.0. The largest absolute Gasteiger partial charge is 0.493 e. The van der Waals surface area contributed by atoms with Crippen LogP contribution in [-0.4, -0.2) is 26.2 Å². The van der Waals surface area contributed by atoms with Gasteiger partial charge in [0, 0.05) is 11.7 Å². The summed E-state index contributed by atoms with van der Waals surface area (Å²) in [5.74, 6) is 1.79. The number of nitrogens with zero attached hydrogens (tertiary/aromatic N) is 1. The molecule has 1 aliphatic rings. The van der Waals surface area contributed by atoms with Crippen molar-refractivity contribution in [3.63, 3.8) is 0 Å². The Morgan fingerprint density at radius 3 is 2.71 bits per heavy atom. The van der Waals surface area contributed by atoms with Crippen LogP contribution < -0.4 is 19.7 Å². The monoisotopic (exact) mass is 420 g/mol. The van der Waals surface area contributed by atoms with Crippen LogP contribution in [-0.2, 0) is 13.0 Å². The molecular weight excluding hydrogens is 392 g/mol. The summed E-state index contributed by atoms with van der Waals surface area (Å²) in [5, 5.41) is 3.07. The molecule has 4 rings (SSSR count). The van der Waals surface area contributed by atoms with Gasteiger partial charge in [0.05, 0.1) is 38.6 Å². The Balaban J connectivity index is 1.49. The van der Waals surface area contributed by atoms with Gasteiger partial charge in [-0.25, -0.2) is 0 Å². The van der Waals surface area contributed by atoms with Crippen LogP contribution in [0.15, 0.2) is 59.2 Å². The van der Waals surface area contributed by atoms with Crippen molar-refractivity contribution in [3.05, 3.63) is 77.2 Å². The van der Waals surface area contributed by atoms with Crippen molar-refractivity contribution in [2.75, 3.05) is 19.1 Å². The minimum absolute atomic E-state index is 0.161. The van der Waals surface area contributed by atoms with E-state index in [4.69, 9.17) is 13.9 Å². The number of hydrogen-bond donors (Lipinski definition) is 1. The molecule has 0 saturated heterocycles. The molecule has 1 amide bonds. The Bertz CT molecular complexity index is 1070. The highest BCUT2D eigenvalue weighted by Crippen LogP contribution is 2.34. The Morgan fingerprint density at radius 2 is 1.94 bits per heavy atom. The maximum absolute atomic E-state index is 13.0. The zero-order chi connectivity index (χ0) is 22.0. The topological polar surface area (TPSA) is 63.9 Å². The van der Waals surface area contributed by atoms with Crippen LogP contribution >= 0.6 is 0 Å². The maximum atomic E-state index is 13.0. The second-order valence-corrected chi connectivity index (χ2v) is 7.88. The third kappa shape index (κ3) is 4.10. The third-order valence-electron chi connectivity index (χ3n) is 5.91. The minimum atomic E-state index is -0.207. The molecule has 2 unspecified atom stereocenters. The molecule has 1 N–H and O–H groups in total. The second-order valence-electron chi connectivity index (χ2n) is 7.88. The lowest BCUT2D eigenvalue weighted by Gasteiger charge is -2.24. The lowest BCUT2D eigenvalue weighted by molar-refractivity contribution is 0.0937. The highest BCUT2D eigenvalue weighted by molar-refractivity contribution is 5.95. The molecule has 6 nitrogen and oxygen atoms in total. The number of amides is 1. The van der Waals surface area contributed by atoms with Gasteiger partial charge >= 0.3 is 0 Å². The van der Waals surface area contributed by atoms with Gasteiger partial charge in [0.1, 0.15) is 5.76 Å². The SMILES string of the molecule is COc1ccc(C(C)NC(=O)c2ccoc2CN2c3ccccc3CC2C)cc1OC. The van der Waals surface area contributed by atoms with E-state index in [1.165, 1.54) is 11.3 Å². The first-order valence-corrected chi connectivity index (χ1v) is 10.5. The summed E-state index contributed by atoms with van der Waals surface area (Å²) in [4.78, 5) is 15.3. The summed E-state index contributed by atoms with van der Waals surface area (Å²) in [6, 6.07) is 15.9. The summed E-state index contributed by atoms with van der Waals surface area (Å²) >= 11 is 0. The molecule has 2 atom stereocenters. The Labute approximate surface area is 182 Å². The van der Waals surface area contributed by atoms with E-state index in [0.717, 1.165) is 12.0 Å².